The molecule has 0 aliphatic carbocycles. The summed E-state index contributed by atoms with van der Waals surface area (Å²) in [6.07, 6.45) is 0. The van der Waals surface area contributed by atoms with Crippen molar-refractivity contribution in [3.8, 4) is 28.3 Å². The predicted octanol–water partition coefficient (Wildman–Crippen LogP) is 15.5. The summed E-state index contributed by atoms with van der Waals surface area (Å²) >= 11 is 0. The average molecular weight is 929 g/mol. The van der Waals surface area contributed by atoms with Crippen molar-refractivity contribution in [2.45, 2.75) is 4.90 Å². The first-order valence-corrected chi connectivity index (χ1v) is 24.4. The average Bonchev–Trinajstić information content (AvgIpc) is 3.92. The number of phenols is 1. The van der Waals surface area contributed by atoms with Crippen molar-refractivity contribution in [3.63, 3.8) is 0 Å². The van der Waals surface area contributed by atoms with Crippen LogP contribution >= 0.6 is 0 Å². The third-order valence-electron chi connectivity index (χ3n) is 13.1. The summed E-state index contributed by atoms with van der Waals surface area (Å²) in [4.78, 5) is 3.72. The molecular formula is C61H44N4O4S. The van der Waals surface area contributed by atoms with Gasteiger partial charge < -0.3 is 24.0 Å². The molecule has 0 bridgehead atoms. The normalized spacial score (nSPS) is 11.7. The number of para-hydroxylation sites is 6. The van der Waals surface area contributed by atoms with E-state index in [1.54, 1.807) is 12.1 Å². The first-order chi connectivity index (χ1) is 34.4. The van der Waals surface area contributed by atoms with Gasteiger partial charge in [0.05, 0.1) is 34.9 Å². The number of rotatable bonds is 11. The van der Waals surface area contributed by atoms with Crippen molar-refractivity contribution in [2.24, 2.45) is 0 Å². The van der Waals surface area contributed by atoms with E-state index in [0.717, 1.165) is 79.2 Å². The fourth-order valence-electron chi connectivity index (χ4n) is 10.0. The van der Waals surface area contributed by atoms with Crippen molar-refractivity contribution in [3.05, 3.63) is 243 Å². The second-order valence-electron chi connectivity index (χ2n) is 17.1. The summed E-state index contributed by atoms with van der Waals surface area (Å²) in [5.41, 5.74) is 11.8. The molecule has 0 atom stereocenters. The molecule has 0 aliphatic rings. The van der Waals surface area contributed by atoms with Crippen LogP contribution in [0.4, 0.5) is 34.1 Å². The molecule has 0 unspecified atom stereocenters. The van der Waals surface area contributed by atoms with Gasteiger partial charge in [0.1, 0.15) is 5.75 Å². The Hall–Kier alpha value is -8.89. The smallest absolute Gasteiger partial charge is 0.302 e. The van der Waals surface area contributed by atoms with Gasteiger partial charge in [0, 0.05) is 66.9 Å². The van der Waals surface area contributed by atoms with Crippen LogP contribution in [-0.4, -0.2) is 29.8 Å². The van der Waals surface area contributed by atoms with E-state index in [1.807, 2.05) is 120 Å². The molecule has 0 saturated heterocycles. The molecule has 2 heterocycles. The summed E-state index contributed by atoms with van der Waals surface area (Å²) in [5.74, 6) is -0.421. The van der Waals surface area contributed by atoms with Crippen LogP contribution in [-0.2, 0) is 14.3 Å². The molecule has 12 aromatic rings. The number of fused-ring (bicyclic) bond motifs is 6. The van der Waals surface area contributed by atoms with Gasteiger partial charge in [0.15, 0.2) is 4.90 Å². The van der Waals surface area contributed by atoms with Crippen LogP contribution in [0.3, 0.4) is 0 Å². The molecule has 0 radical (unpaired) electrons. The van der Waals surface area contributed by atoms with E-state index in [9.17, 15) is 13.5 Å². The number of anilines is 6. The molecule has 70 heavy (non-hydrogen) atoms. The van der Waals surface area contributed by atoms with E-state index < -0.39 is 15.9 Å². The summed E-state index contributed by atoms with van der Waals surface area (Å²) in [5, 5.41) is 16.7. The molecule has 2 aromatic heterocycles. The van der Waals surface area contributed by atoms with E-state index in [-0.39, 0.29) is 10.6 Å². The third-order valence-corrected chi connectivity index (χ3v) is 14.5. The van der Waals surface area contributed by atoms with E-state index in [2.05, 4.69) is 129 Å². The highest BCUT2D eigenvalue weighted by Gasteiger charge is 2.31. The van der Waals surface area contributed by atoms with Gasteiger partial charge in [-0.3, -0.25) is 4.18 Å². The Morgan fingerprint density at radius 3 is 1.30 bits per heavy atom. The maximum absolute atomic E-state index is 14.2. The van der Waals surface area contributed by atoms with Crippen LogP contribution in [0.5, 0.6) is 5.75 Å². The van der Waals surface area contributed by atoms with Gasteiger partial charge in [-0.25, -0.2) is 0 Å². The van der Waals surface area contributed by atoms with Gasteiger partial charge in [0.25, 0.3) is 0 Å². The largest absolute Gasteiger partial charge is 0.506 e. The van der Waals surface area contributed by atoms with Crippen LogP contribution in [0.15, 0.2) is 248 Å². The van der Waals surface area contributed by atoms with E-state index in [4.69, 9.17) is 4.18 Å². The Kier molecular flexibility index (Phi) is 10.5. The minimum atomic E-state index is -4.51. The van der Waals surface area contributed by atoms with Crippen LogP contribution in [0.1, 0.15) is 0 Å². The van der Waals surface area contributed by atoms with Gasteiger partial charge in [-0.15, -0.1) is 0 Å². The zero-order valence-electron chi connectivity index (χ0n) is 38.0. The summed E-state index contributed by atoms with van der Waals surface area (Å²) in [6, 6.07) is 81.2. The molecule has 12 rings (SSSR count). The molecular weight excluding hydrogens is 885 g/mol. The van der Waals surface area contributed by atoms with Crippen LogP contribution in [0, 0.1) is 0 Å². The summed E-state index contributed by atoms with van der Waals surface area (Å²) < 4.78 is 38.2. The lowest BCUT2D eigenvalue weighted by atomic mass is 10.0. The molecule has 8 nitrogen and oxygen atoms in total. The minimum Gasteiger partial charge on any atom is -0.506 e. The summed E-state index contributed by atoms with van der Waals surface area (Å²) in [7, 11) is -3.39. The second kappa shape index (κ2) is 17.3. The molecule has 0 amide bonds. The lowest BCUT2D eigenvalue weighted by molar-refractivity contribution is 0.390. The standard InChI is InChI=1S/C61H44N4O4S/c1-69-70(67,68)61-59(63(44-20-8-3-9-21-44)49-35-38-58-54(41-49)52-27-15-17-29-56(52)65(58)46-24-12-5-13-25-46)39-36-50(60(61)66)42-30-32-47(33-31-42)62(43-18-6-2-7-19-43)48-34-37-57-53(40-48)51-26-14-16-28-55(51)64(57)45-22-10-4-11-23-45/h2-41,66H,1H3. The number of nitrogens with zero attached hydrogens (tertiary/aromatic N) is 4. The van der Waals surface area contributed by atoms with Crippen molar-refractivity contribution in [1.29, 1.82) is 0 Å². The maximum Gasteiger partial charge on any atom is 0.302 e. The second-order valence-corrected chi connectivity index (χ2v) is 18.7. The Morgan fingerprint density at radius 1 is 0.400 bits per heavy atom. The Morgan fingerprint density at radius 2 is 0.800 bits per heavy atom. The minimum absolute atomic E-state index is 0.233. The monoisotopic (exact) mass is 928 g/mol. The highest BCUT2D eigenvalue weighted by Crippen LogP contribution is 2.48. The SMILES string of the molecule is COS(=O)(=O)c1c(N(c2ccccc2)c2ccc3c(c2)c2ccccc2n3-c2ccccc2)ccc(-c2ccc(N(c3ccccc3)c3ccc4c(c3)c3ccccc3n4-c3ccccc3)cc2)c1O. The van der Waals surface area contributed by atoms with E-state index in [1.165, 1.54) is 0 Å². The van der Waals surface area contributed by atoms with Crippen molar-refractivity contribution >= 4 is 87.9 Å². The molecule has 0 aliphatic heterocycles. The Balaban J connectivity index is 0.978. The van der Waals surface area contributed by atoms with Gasteiger partial charge in [-0.1, -0.05) is 121 Å². The zero-order valence-corrected chi connectivity index (χ0v) is 38.8. The van der Waals surface area contributed by atoms with Crippen LogP contribution < -0.4 is 9.80 Å². The van der Waals surface area contributed by atoms with Gasteiger partial charge in [-0.2, -0.15) is 8.42 Å². The van der Waals surface area contributed by atoms with Gasteiger partial charge in [0.2, 0.25) is 0 Å². The van der Waals surface area contributed by atoms with E-state index >= 15 is 0 Å². The molecule has 0 spiro atoms. The predicted molar refractivity (Wildman–Crippen MR) is 286 cm³/mol. The summed E-state index contributed by atoms with van der Waals surface area (Å²) in [6.45, 7) is 0. The quantitative estimate of drug-likeness (QED) is 0.130. The van der Waals surface area contributed by atoms with Crippen molar-refractivity contribution in [1.82, 2.24) is 9.13 Å². The molecule has 338 valence electrons. The fraction of sp³-hybridized carbons (Fsp3) is 0.0164. The molecule has 10 aromatic carbocycles. The molecule has 9 heteroatoms. The lowest BCUT2D eigenvalue weighted by Crippen LogP contribution is -2.15. The molecule has 0 fully saturated rings. The van der Waals surface area contributed by atoms with Crippen molar-refractivity contribution in [2.75, 3.05) is 16.9 Å². The number of phenolic OH excluding ortho intramolecular Hbond substituents is 1. The Labute approximate surface area is 405 Å². The highest BCUT2D eigenvalue weighted by atomic mass is 32.2. The van der Waals surface area contributed by atoms with Crippen molar-refractivity contribution < 1.29 is 17.7 Å². The maximum atomic E-state index is 14.2. The number of aromatic hydroxyl groups is 1. The topological polar surface area (TPSA) is 79.9 Å². The van der Waals surface area contributed by atoms with E-state index in [0.29, 0.717) is 22.5 Å². The lowest BCUT2D eigenvalue weighted by Gasteiger charge is -2.28. The van der Waals surface area contributed by atoms with Crippen LogP contribution in [0.2, 0.25) is 0 Å². The highest BCUT2D eigenvalue weighted by molar-refractivity contribution is 7.87. The Bertz CT molecular complexity index is 4010. The number of hydrogen-bond donors (Lipinski definition) is 1. The fourth-order valence-corrected chi connectivity index (χ4v) is 11.0. The molecule has 1 N–H and O–H groups in total. The number of aromatic nitrogens is 2. The van der Waals surface area contributed by atoms with Gasteiger partial charge >= 0.3 is 10.1 Å². The van der Waals surface area contributed by atoms with Crippen LogP contribution in [0.25, 0.3) is 66.1 Å². The zero-order chi connectivity index (χ0) is 47.3. The molecule has 0 saturated carbocycles. The third kappa shape index (κ3) is 7.15. The first kappa shape index (κ1) is 42.5. The number of hydrogen-bond acceptors (Lipinski definition) is 6. The number of benzene rings is 10. The first-order valence-electron chi connectivity index (χ1n) is 23.0. The van der Waals surface area contributed by atoms with Gasteiger partial charge in [-0.05, 0) is 127 Å².